The van der Waals surface area contributed by atoms with Crippen LogP contribution >= 0.6 is 0 Å². The summed E-state index contributed by atoms with van der Waals surface area (Å²) in [5.74, 6) is -3.19. The molecular formula is C20H19F2N3O4. The van der Waals surface area contributed by atoms with E-state index in [1.165, 1.54) is 6.92 Å². The summed E-state index contributed by atoms with van der Waals surface area (Å²) < 4.78 is 31.6. The summed E-state index contributed by atoms with van der Waals surface area (Å²) in [5, 5.41) is 11.3. The fourth-order valence-corrected chi connectivity index (χ4v) is 2.78. The number of benzene rings is 1. The maximum Gasteiger partial charge on any atom is 0.306 e. The third-order valence-electron chi connectivity index (χ3n) is 4.37. The number of nitrogens with one attached hydrogen (secondary N) is 2. The summed E-state index contributed by atoms with van der Waals surface area (Å²) in [7, 11) is 0. The van der Waals surface area contributed by atoms with Gasteiger partial charge in [0.05, 0.1) is 5.69 Å². The van der Waals surface area contributed by atoms with E-state index in [0.717, 1.165) is 12.1 Å². The maximum atomic E-state index is 13.6. The van der Waals surface area contributed by atoms with Crippen molar-refractivity contribution in [3.05, 3.63) is 62.6 Å². The first-order chi connectivity index (χ1) is 13.6. The van der Waals surface area contributed by atoms with Crippen LogP contribution in [0.25, 0.3) is 0 Å². The molecule has 1 heterocycles. The van der Waals surface area contributed by atoms with E-state index >= 15 is 0 Å². The molecule has 0 unspecified atom stereocenters. The lowest BCUT2D eigenvalue weighted by Crippen LogP contribution is -2.30. The Morgan fingerprint density at radius 2 is 2.00 bits per heavy atom. The Kier molecular flexibility index (Phi) is 6.83. The predicted octanol–water partition coefficient (Wildman–Crippen LogP) is 2.64. The zero-order valence-electron chi connectivity index (χ0n) is 16.1. The highest BCUT2D eigenvalue weighted by atomic mass is 19.1. The Balaban J connectivity index is 1.98. The number of nitrogens with zero attached hydrogens (tertiary/aromatic N) is 1. The lowest BCUT2D eigenvalue weighted by Gasteiger charge is -2.15. The van der Waals surface area contributed by atoms with Gasteiger partial charge < -0.3 is 15.0 Å². The number of H-pyrrole nitrogens is 1. The van der Waals surface area contributed by atoms with Gasteiger partial charge in [-0.2, -0.15) is 5.26 Å². The SMILES string of the molecule is Cc1[nH]c(=O)c(C#N)c(C)c1CCC(=O)O[C@H](C)C(=O)Nc1ccc(F)cc1F. The first-order valence-corrected chi connectivity index (χ1v) is 8.71. The Labute approximate surface area is 165 Å². The summed E-state index contributed by atoms with van der Waals surface area (Å²) in [6.45, 7) is 4.59. The smallest absolute Gasteiger partial charge is 0.306 e. The number of pyridine rings is 1. The molecular weight excluding hydrogens is 384 g/mol. The molecule has 9 heteroatoms. The van der Waals surface area contributed by atoms with Crippen molar-refractivity contribution < 1.29 is 23.1 Å². The molecule has 1 amide bonds. The average molecular weight is 403 g/mol. The van der Waals surface area contributed by atoms with Crippen molar-refractivity contribution in [2.24, 2.45) is 0 Å². The van der Waals surface area contributed by atoms with Crippen molar-refractivity contribution in [1.82, 2.24) is 4.98 Å². The fraction of sp³-hybridized carbons (Fsp3) is 0.300. The van der Waals surface area contributed by atoms with E-state index in [0.29, 0.717) is 22.9 Å². The number of nitriles is 1. The molecule has 152 valence electrons. The molecule has 0 aliphatic rings. The molecule has 0 aliphatic carbocycles. The van der Waals surface area contributed by atoms with Crippen LogP contribution in [0.5, 0.6) is 0 Å². The predicted molar refractivity (Wildman–Crippen MR) is 100 cm³/mol. The first-order valence-electron chi connectivity index (χ1n) is 8.71. The molecule has 0 radical (unpaired) electrons. The van der Waals surface area contributed by atoms with Crippen LogP contribution in [0.2, 0.25) is 0 Å². The standard InChI is InChI=1S/C20H19F2N3O4/c1-10-14(11(2)24-20(28)15(10)9-23)5-7-18(26)29-12(3)19(27)25-17-6-4-13(21)8-16(17)22/h4,6,8,12H,5,7H2,1-3H3,(H,24,28)(H,25,27)/t12-/m1/s1. The Morgan fingerprint density at radius 3 is 2.62 bits per heavy atom. The number of carbonyl (C=O) groups is 2. The van der Waals surface area contributed by atoms with Gasteiger partial charge in [-0.25, -0.2) is 8.78 Å². The van der Waals surface area contributed by atoms with Gasteiger partial charge in [0.25, 0.3) is 11.5 Å². The van der Waals surface area contributed by atoms with E-state index in [-0.39, 0.29) is 24.1 Å². The third kappa shape index (κ3) is 5.25. The summed E-state index contributed by atoms with van der Waals surface area (Å²) in [5.41, 5.74) is 0.919. The van der Waals surface area contributed by atoms with E-state index in [9.17, 15) is 23.2 Å². The molecule has 2 aromatic rings. The lowest BCUT2D eigenvalue weighted by molar-refractivity contribution is -0.153. The van der Waals surface area contributed by atoms with Gasteiger partial charge in [0, 0.05) is 18.2 Å². The molecule has 0 aliphatic heterocycles. The van der Waals surface area contributed by atoms with Crippen molar-refractivity contribution in [3.63, 3.8) is 0 Å². The van der Waals surface area contributed by atoms with Crippen molar-refractivity contribution in [2.75, 3.05) is 5.32 Å². The van der Waals surface area contributed by atoms with Crippen LogP contribution in [0.4, 0.5) is 14.5 Å². The number of rotatable bonds is 6. The second-order valence-corrected chi connectivity index (χ2v) is 6.41. The summed E-state index contributed by atoms with van der Waals surface area (Å²) >= 11 is 0. The molecule has 1 atom stereocenters. The zero-order chi connectivity index (χ0) is 21.7. The summed E-state index contributed by atoms with van der Waals surface area (Å²) in [6, 6.07) is 4.50. The number of hydrogen-bond acceptors (Lipinski definition) is 5. The van der Waals surface area contributed by atoms with Crippen molar-refractivity contribution in [1.29, 1.82) is 5.26 Å². The fourth-order valence-electron chi connectivity index (χ4n) is 2.78. The number of hydrogen-bond donors (Lipinski definition) is 2. The minimum atomic E-state index is -1.21. The van der Waals surface area contributed by atoms with E-state index in [1.807, 2.05) is 6.07 Å². The molecule has 0 bridgehead atoms. The van der Waals surface area contributed by atoms with E-state index in [1.54, 1.807) is 13.8 Å². The van der Waals surface area contributed by atoms with Crippen LogP contribution < -0.4 is 10.9 Å². The molecule has 1 aromatic heterocycles. The van der Waals surface area contributed by atoms with Crippen LogP contribution in [0.15, 0.2) is 23.0 Å². The normalized spacial score (nSPS) is 11.4. The van der Waals surface area contributed by atoms with Gasteiger partial charge >= 0.3 is 5.97 Å². The number of amides is 1. The number of aromatic amines is 1. The molecule has 0 saturated heterocycles. The second-order valence-electron chi connectivity index (χ2n) is 6.41. The molecule has 7 nitrogen and oxygen atoms in total. The van der Waals surface area contributed by atoms with Gasteiger partial charge in [-0.05, 0) is 50.5 Å². The molecule has 0 spiro atoms. The number of esters is 1. The highest BCUT2D eigenvalue weighted by Gasteiger charge is 2.20. The zero-order valence-corrected chi connectivity index (χ0v) is 16.1. The maximum absolute atomic E-state index is 13.6. The van der Waals surface area contributed by atoms with Gasteiger partial charge in [-0.3, -0.25) is 14.4 Å². The molecule has 29 heavy (non-hydrogen) atoms. The third-order valence-corrected chi connectivity index (χ3v) is 4.37. The van der Waals surface area contributed by atoms with E-state index in [2.05, 4.69) is 10.3 Å². The number of ether oxygens (including phenoxy) is 1. The van der Waals surface area contributed by atoms with Crippen LogP contribution in [0.3, 0.4) is 0 Å². The Morgan fingerprint density at radius 1 is 1.31 bits per heavy atom. The Bertz CT molecular complexity index is 1060. The lowest BCUT2D eigenvalue weighted by atomic mass is 9.99. The summed E-state index contributed by atoms with van der Waals surface area (Å²) in [6.07, 6.45) is -1.11. The summed E-state index contributed by atoms with van der Waals surface area (Å²) in [4.78, 5) is 38.4. The topological polar surface area (TPSA) is 112 Å². The van der Waals surface area contributed by atoms with Crippen LogP contribution in [-0.2, 0) is 20.7 Å². The van der Waals surface area contributed by atoms with E-state index in [4.69, 9.17) is 10.00 Å². The minimum Gasteiger partial charge on any atom is -0.453 e. The van der Waals surface area contributed by atoms with Crippen molar-refractivity contribution in [2.45, 2.75) is 39.7 Å². The largest absolute Gasteiger partial charge is 0.453 e. The number of aromatic nitrogens is 1. The van der Waals surface area contributed by atoms with Crippen LogP contribution in [0.1, 0.15) is 35.7 Å². The number of aryl methyl sites for hydroxylation is 1. The highest BCUT2D eigenvalue weighted by Crippen LogP contribution is 2.17. The van der Waals surface area contributed by atoms with Crippen molar-refractivity contribution >= 4 is 17.6 Å². The minimum absolute atomic E-state index is 0.0203. The van der Waals surface area contributed by atoms with E-state index < -0.39 is 35.2 Å². The van der Waals surface area contributed by atoms with Gasteiger partial charge in [0.2, 0.25) is 0 Å². The molecule has 0 saturated carbocycles. The quantitative estimate of drug-likeness (QED) is 0.720. The van der Waals surface area contributed by atoms with Gasteiger partial charge in [-0.15, -0.1) is 0 Å². The number of anilines is 1. The van der Waals surface area contributed by atoms with Gasteiger partial charge in [-0.1, -0.05) is 0 Å². The van der Waals surface area contributed by atoms with Gasteiger partial charge in [0.15, 0.2) is 6.10 Å². The second kappa shape index (κ2) is 9.10. The van der Waals surface area contributed by atoms with Crippen LogP contribution in [0, 0.1) is 36.8 Å². The number of carbonyl (C=O) groups excluding carboxylic acids is 2. The van der Waals surface area contributed by atoms with Crippen molar-refractivity contribution in [3.8, 4) is 6.07 Å². The molecule has 0 fully saturated rings. The van der Waals surface area contributed by atoms with Gasteiger partial charge in [0.1, 0.15) is 23.3 Å². The Hall–Kier alpha value is -3.54. The average Bonchev–Trinajstić information content (AvgIpc) is 2.63. The van der Waals surface area contributed by atoms with Crippen LogP contribution in [-0.4, -0.2) is 23.0 Å². The molecule has 1 aromatic carbocycles. The molecule has 2 rings (SSSR count). The monoisotopic (exact) mass is 403 g/mol. The highest BCUT2D eigenvalue weighted by molar-refractivity contribution is 5.95. The number of halogens is 2. The first kappa shape index (κ1) is 21.8. The molecule has 2 N–H and O–H groups in total.